The van der Waals surface area contributed by atoms with E-state index in [0.29, 0.717) is 24.7 Å². The Bertz CT molecular complexity index is 1230. The number of benzene rings is 3. The maximum atomic E-state index is 12.5. The van der Waals surface area contributed by atoms with Crippen molar-refractivity contribution >= 4 is 33.5 Å². The average molecular weight is 565 g/mol. The zero-order valence-corrected chi connectivity index (χ0v) is 25.3. The fourth-order valence-corrected chi connectivity index (χ4v) is 5.01. The fourth-order valence-electron chi connectivity index (χ4n) is 5.01. The number of carbonyl (C=O) groups excluding carboxylic acids is 2. The Hall–Kier alpha value is -3.28. The van der Waals surface area contributed by atoms with Gasteiger partial charge in [-0.15, -0.1) is 0 Å². The van der Waals surface area contributed by atoms with Gasteiger partial charge in [-0.1, -0.05) is 120 Å². The van der Waals surface area contributed by atoms with Crippen LogP contribution in [-0.4, -0.2) is 38.4 Å². The van der Waals surface area contributed by atoms with Crippen LogP contribution in [0.25, 0.3) is 21.5 Å². The first-order valence-corrected chi connectivity index (χ1v) is 15.6. The quantitative estimate of drug-likeness (QED) is 0.0775. The van der Waals surface area contributed by atoms with Crippen molar-refractivity contribution in [3.63, 3.8) is 0 Å². The monoisotopic (exact) mass is 564 g/mol. The summed E-state index contributed by atoms with van der Waals surface area (Å²) in [6.45, 7) is 6.89. The first kappa shape index (κ1) is 32.2. The highest BCUT2D eigenvalue weighted by Crippen LogP contribution is 2.43. The third-order valence-corrected chi connectivity index (χ3v) is 7.27. The number of rotatable bonds is 20. The van der Waals surface area contributed by atoms with Crippen LogP contribution in [0.2, 0.25) is 0 Å². The third kappa shape index (κ3) is 10.6. The standard InChI is InChI=1S/C35H48O6/c1-4-6-8-10-12-16-22-38-32(36)25-40-34-28-18-14-15-19-29(28)35(31-24-27(3)20-21-30(31)34)41-26-33(37)39-23-17-13-11-9-7-5-2/h14-15,18-21,24H,4-13,16-17,22-23,25-26H2,1-3H3. The Labute approximate surface area is 245 Å². The van der Waals surface area contributed by atoms with E-state index in [9.17, 15) is 9.59 Å². The molecule has 0 bridgehead atoms. The zero-order valence-electron chi connectivity index (χ0n) is 25.3. The Balaban J connectivity index is 1.65. The van der Waals surface area contributed by atoms with Gasteiger partial charge in [0.25, 0.3) is 0 Å². The van der Waals surface area contributed by atoms with Crippen molar-refractivity contribution in [3.05, 3.63) is 48.0 Å². The van der Waals surface area contributed by atoms with Crippen LogP contribution in [-0.2, 0) is 19.1 Å². The van der Waals surface area contributed by atoms with Gasteiger partial charge in [0.2, 0.25) is 0 Å². The molecule has 6 heteroatoms. The number of hydrogen-bond donors (Lipinski definition) is 0. The summed E-state index contributed by atoms with van der Waals surface area (Å²) >= 11 is 0. The molecule has 0 aromatic heterocycles. The second-order valence-corrected chi connectivity index (χ2v) is 10.8. The maximum Gasteiger partial charge on any atom is 0.344 e. The van der Waals surface area contributed by atoms with Crippen LogP contribution < -0.4 is 9.47 Å². The average Bonchev–Trinajstić information content (AvgIpc) is 2.97. The first-order valence-electron chi connectivity index (χ1n) is 15.6. The van der Waals surface area contributed by atoms with Crippen molar-refractivity contribution in [2.75, 3.05) is 26.4 Å². The summed E-state index contributed by atoms with van der Waals surface area (Å²) in [5, 5.41) is 3.25. The summed E-state index contributed by atoms with van der Waals surface area (Å²) in [7, 11) is 0. The number of esters is 2. The predicted molar refractivity (Wildman–Crippen MR) is 166 cm³/mol. The van der Waals surface area contributed by atoms with Crippen molar-refractivity contribution < 1.29 is 28.5 Å². The molecule has 224 valence electrons. The summed E-state index contributed by atoms with van der Waals surface area (Å²) in [4.78, 5) is 25.0. The molecule has 3 aromatic rings. The molecule has 0 aliphatic rings. The van der Waals surface area contributed by atoms with Gasteiger partial charge in [0.15, 0.2) is 13.2 Å². The highest BCUT2D eigenvalue weighted by molar-refractivity contribution is 6.11. The molecular weight excluding hydrogens is 516 g/mol. The van der Waals surface area contributed by atoms with Crippen LogP contribution in [0.15, 0.2) is 42.5 Å². The van der Waals surface area contributed by atoms with E-state index in [0.717, 1.165) is 52.8 Å². The van der Waals surface area contributed by atoms with Crippen molar-refractivity contribution in [2.24, 2.45) is 0 Å². The largest absolute Gasteiger partial charge is 0.481 e. The Morgan fingerprint density at radius 2 is 1.00 bits per heavy atom. The highest BCUT2D eigenvalue weighted by atomic mass is 16.6. The van der Waals surface area contributed by atoms with Gasteiger partial charge in [-0.2, -0.15) is 0 Å². The lowest BCUT2D eigenvalue weighted by atomic mass is 9.99. The van der Waals surface area contributed by atoms with E-state index >= 15 is 0 Å². The van der Waals surface area contributed by atoms with Crippen molar-refractivity contribution in [1.29, 1.82) is 0 Å². The molecule has 0 aliphatic carbocycles. The summed E-state index contributed by atoms with van der Waals surface area (Å²) in [5.74, 6) is 0.451. The predicted octanol–water partition coefficient (Wildman–Crippen LogP) is 8.87. The molecule has 0 saturated carbocycles. The van der Waals surface area contributed by atoms with Gasteiger partial charge in [0.1, 0.15) is 11.5 Å². The van der Waals surface area contributed by atoms with E-state index in [1.807, 2.05) is 49.4 Å². The van der Waals surface area contributed by atoms with E-state index in [-0.39, 0.29) is 25.2 Å². The van der Waals surface area contributed by atoms with E-state index in [4.69, 9.17) is 18.9 Å². The number of unbranched alkanes of at least 4 members (excludes halogenated alkanes) is 10. The molecule has 6 nitrogen and oxygen atoms in total. The normalized spacial score (nSPS) is 11.1. The molecule has 0 heterocycles. The Kier molecular flexibility index (Phi) is 14.3. The molecule has 0 atom stereocenters. The summed E-state index contributed by atoms with van der Waals surface area (Å²) in [5.41, 5.74) is 1.05. The lowest BCUT2D eigenvalue weighted by Crippen LogP contribution is -2.17. The minimum absolute atomic E-state index is 0.173. The number of carbonyl (C=O) groups is 2. The zero-order chi connectivity index (χ0) is 29.3. The Morgan fingerprint density at radius 1 is 0.561 bits per heavy atom. The molecule has 0 spiro atoms. The lowest BCUT2D eigenvalue weighted by molar-refractivity contribution is -0.147. The van der Waals surface area contributed by atoms with Crippen LogP contribution >= 0.6 is 0 Å². The summed E-state index contributed by atoms with van der Waals surface area (Å²) in [6, 6.07) is 13.7. The minimum atomic E-state index is -0.378. The SMILES string of the molecule is CCCCCCCCOC(=O)COc1c2ccccc2c(OCC(=O)OCCCCCCCC)c2cc(C)ccc12. The van der Waals surface area contributed by atoms with E-state index in [1.165, 1.54) is 51.4 Å². The van der Waals surface area contributed by atoms with Crippen LogP contribution in [0.5, 0.6) is 11.5 Å². The van der Waals surface area contributed by atoms with Crippen molar-refractivity contribution in [2.45, 2.75) is 97.8 Å². The van der Waals surface area contributed by atoms with E-state index in [1.54, 1.807) is 0 Å². The van der Waals surface area contributed by atoms with Gasteiger partial charge in [-0.25, -0.2) is 9.59 Å². The minimum Gasteiger partial charge on any atom is -0.481 e. The summed E-state index contributed by atoms with van der Waals surface area (Å²) in [6.07, 6.45) is 13.6. The lowest BCUT2D eigenvalue weighted by Gasteiger charge is -2.18. The summed E-state index contributed by atoms with van der Waals surface area (Å²) < 4.78 is 23.1. The molecule has 0 N–H and O–H groups in total. The van der Waals surface area contributed by atoms with Crippen LogP contribution in [0, 0.1) is 6.92 Å². The molecule has 3 aromatic carbocycles. The Morgan fingerprint density at radius 3 is 1.51 bits per heavy atom. The van der Waals surface area contributed by atoms with Gasteiger partial charge in [-0.3, -0.25) is 0 Å². The van der Waals surface area contributed by atoms with Gasteiger partial charge in [-0.05, 0) is 25.8 Å². The maximum absolute atomic E-state index is 12.5. The van der Waals surface area contributed by atoms with E-state index in [2.05, 4.69) is 13.8 Å². The first-order chi connectivity index (χ1) is 20.0. The molecule has 0 aliphatic heterocycles. The molecular formula is C35H48O6. The van der Waals surface area contributed by atoms with Crippen LogP contribution in [0.4, 0.5) is 0 Å². The number of hydrogen-bond acceptors (Lipinski definition) is 6. The van der Waals surface area contributed by atoms with Gasteiger partial charge in [0, 0.05) is 21.5 Å². The van der Waals surface area contributed by atoms with Gasteiger partial charge < -0.3 is 18.9 Å². The van der Waals surface area contributed by atoms with E-state index < -0.39 is 0 Å². The molecule has 41 heavy (non-hydrogen) atoms. The second-order valence-electron chi connectivity index (χ2n) is 10.8. The molecule has 0 unspecified atom stereocenters. The molecule has 0 radical (unpaired) electrons. The van der Waals surface area contributed by atoms with Crippen LogP contribution in [0.3, 0.4) is 0 Å². The molecule has 3 rings (SSSR count). The number of aryl methyl sites for hydroxylation is 1. The van der Waals surface area contributed by atoms with Crippen molar-refractivity contribution in [1.82, 2.24) is 0 Å². The smallest absolute Gasteiger partial charge is 0.344 e. The third-order valence-electron chi connectivity index (χ3n) is 7.27. The molecule has 0 fully saturated rings. The number of fused-ring (bicyclic) bond motifs is 2. The second kappa shape index (κ2) is 18.2. The molecule has 0 amide bonds. The topological polar surface area (TPSA) is 71.1 Å². The highest BCUT2D eigenvalue weighted by Gasteiger charge is 2.18. The van der Waals surface area contributed by atoms with Crippen LogP contribution in [0.1, 0.15) is 96.5 Å². The van der Waals surface area contributed by atoms with Gasteiger partial charge >= 0.3 is 11.9 Å². The number of ether oxygens (including phenoxy) is 4. The fraction of sp³-hybridized carbons (Fsp3) is 0.543. The molecule has 0 saturated heterocycles. The van der Waals surface area contributed by atoms with Crippen molar-refractivity contribution in [3.8, 4) is 11.5 Å². The van der Waals surface area contributed by atoms with Gasteiger partial charge in [0.05, 0.1) is 13.2 Å².